The van der Waals surface area contributed by atoms with Crippen molar-refractivity contribution in [2.75, 3.05) is 5.73 Å². The fourth-order valence-electron chi connectivity index (χ4n) is 3.13. The number of benzene rings is 1. The number of piperidine rings is 1. The minimum Gasteiger partial charge on any atom is -0.398 e. The molecule has 2 atom stereocenters. The standard InChI is InChI=1S/C15H24N2O2S/c1-10-8-9-14(16)15(13(10)4)20(18,19)17-11(2)6-5-7-12(17)3/h8-9,11-12H,5-7,16H2,1-4H3/t11-,12+. The van der Waals surface area contributed by atoms with Gasteiger partial charge in [0.05, 0.1) is 5.69 Å². The van der Waals surface area contributed by atoms with E-state index in [-0.39, 0.29) is 17.0 Å². The fourth-order valence-corrected chi connectivity index (χ4v) is 5.41. The van der Waals surface area contributed by atoms with Crippen LogP contribution in [-0.4, -0.2) is 24.8 Å². The van der Waals surface area contributed by atoms with E-state index in [1.165, 1.54) is 0 Å². The van der Waals surface area contributed by atoms with E-state index in [0.29, 0.717) is 5.69 Å². The molecule has 1 aliphatic heterocycles. The maximum atomic E-state index is 13.0. The highest BCUT2D eigenvalue weighted by Crippen LogP contribution is 2.34. The topological polar surface area (TPSA) is 63.4 Å². The van der Waals surface area contributed by atoms with Crippen LogP contribution >= 0.6 is 0 Å². The van der Waals surface area contributed by atoms with Crippen LogP contribution in [0.5, 0.6) is 0 Å². The first-order chi connectivity index (χ1) is 9.26. The summed E-state index contributed by atoms with van der Waals surface area (Å²) in [5, 5.41) is 0. The van der Waals surface area contributed by atoms with Gasteiger partial charge in [0, 0.05) is 12.1 Å². The summed E-state index contributed by atoms with van der Waals surface area (Å²) in [5.74, 6) is 0. The SMILES string of the molecule is Cc1ccc(N)c(S(=O)(=O)N2[C@H](C)CCC[C@@H]2C)c1C. The van der Waals surface area contributed by atoms with Gasteiger partial charge in [-0.3, -0.25) is 0 Å². The molecule has 2 rings (SSSR count). The Labute approximate surface area is 122 Å². The van der Waals surface area contributed by atoms with E-state index in [9.17, 15) is 8.42 Å². The average Bonchev–Trinajstić information content (AvgIpc) is 2.33. The summed E-state index contributed by atoms with van der Waals surface area (Å²) in [5.41, 5.74) is 8.03. The number of nitrogen functional groups attached to an aromatic ring is 1. The first-order valence-corrected chi connectivity index (χ1v) is 8.60. The Morgan fingerprint density at radius 2 is 1.70 bits per heavy atom. The summed E-state index contributed by atoms with van der Waals surface area (Å²) in [6, 6.07) is 3.62. The smallest absolute Gasteiger partial charge is 0.245 e. The van der Waals surface area contributed by atoms with Crippen LogP contribution in [-0.2, 0) is 10.0 Å². The van der Waals surface area contributed by atoms with E-state index in [2.05, 4.69) is 0 Å². The second-order valence-corrected chi connectivity index (χ2v) is 7.67. The predicted octanol–water partition coefficient (Wildman–Crippen LogP) is 2.84. The van der Waals surface area contributed by atoms with Crippen molar-refractivity contribution in [3.05, 3.63) is 23.3 Å². The van der Waals surface area contributed by atoms with Gasteiger partial charge >= 0.3 is 0 Å². The fraction of sp³-hybridized carbons (Fsp3) is 0.600. The molecule has 0 aliphatic carbocycles. The molecule has 4 nitrogen and oxygen atoms in total. The van der Waals surface area contributed by atoms with Crippen LogP contribution in [0.1, 0.15) is 44.2 Å². The van der Waals surface area contributed by atoms with Gasteiger partial charge in [-0.15, -0.1) is 0 Å². The lowest BCUT2D eigenvalue weighted by molar-refractivity contribution is 0.204. The number of aryl methyl sites for hydroxylation is 1. The molecule has 0 unspecified atom stereocenters. The Kier molecular flexibility index (Phi) is 4.12. The Morgan fingerprint density at radius 3 is 2.25 bits per heavy atom. The van der Waals surface area contributed by atoms with Crippen molar-refractivity contribution in [2.24, 2.45) is 0 Å². The third-order valence-corrected chi connectivity index (χ3v) is 6.69. The molecule has 1 fully saturated rings. The van der Waals surface area contributed by atoms with Gasteiger partial charge in [-0.05, 0) is 57.7 Å². The van der Waals surface area contributed by atoms with E-state index in [0.717, 1.165) is 30.4 Å². The first kappa shape index (κ1) is 15.3. The van der Waals surface area contributed by atoms with Crippen molar-refractivity contribution >= 4 is 15.7 Å². The molecule has 0 radical (unpaired) electrons. The monoisotopic (exact) mass is 296 g/mol. The van der Waals surface area contributed by atoms with Crippen LogP contribution in [0.25, 0.3) is 0 Å². The highest BCUT2D eigenvalue weighted by molar-refractivity contribution is 7.89. The Morgan fingerprint density at radius 1 is 1.15 bits per heavy atom. The predicted molar refractivity (Wildman–Crippen MR) is 82.1 cm³/mol. The van der Waals surface area contributed by atoms with E-state index in [1.54, 1.807) is 10.4 Å². The molecule has 0 amide bonds. The lowest BCUT2D eigenvalue weighted by atomic mass is 10.0. The summed E-state index contributed by atoms with van der Waals surface area (Å²) < 4.78 is 27.7. The van der Waals surface area contributed by atoms with Crippen molar-refractivity contribution < 1.29 is 8.42 Å². The quantitative estimate of drug-likeness (QED) is 0.854. The van der Waals surface area contributed by atoms with Crippen molar-refractivity contribution in [3.8, 4) is 0 Å². The van der Waals surface area contributed by atoms with Crippen LogP contribution in [0, 0.1) is 13.8 Å². The summed E-state index contributed by atoms with van der Waals surface area (Å²) in [4.78, 5) is 0.290. The molecule has 1 aromatic carbocycles. The van der Waals surface area contributed by atoms with E-state index < -0.39 is 10.0 Å². The summed E-state index contributed by atoms with van der Waals surface area (Å²) in [6.45, 7) is 7.71. The van der Waals surface area contributed by atoms with E-state index >= 15 is 0 Å². The largest absolute Gasteiger partial charge is 0.398 e. The molecular formula is C15H24N2O2S. The molecule has 0 spiro atoms. The van der Waals surface area contributed by atoms with Crippen LogP contribution < -0.4 is 5.73 Å². The highest BCUT2D eigenvalue weighted by atomic mass is 32.2. The number of sulfonamides is 1. The van der Waals surface area contributed by atoms with Gasteiger partial charge in [0.2, 0.25) is 10.0 Å². The lowest BCUT2D eigenvalue weighted by Crippen LogP contribution is -2.47. The van der Waals surface area contributed by atoms with Crippen molar-refractivity contribution in [2.45, 2.75) is 63.9 Å². The number of nitrogens with zero attached hydrogens (tertiary/aromatic N) is 1. The zero-order valence-electron chi connectivity index (χ0n) is 12.7. The van der Waals surface area contributed by atoms with Crippen LogP contribution in [0.2, 0.25) is 0 Å². The third-order valence-electron chi connectivity index (χ3n) is 4.36. The second kappa shape index (κ2) is 5.37. The Balaban J connectivity index is 2.58. The normalized spacial score (nSPS) is 24.8. The lowest BCUT2D eigenvalue weighted by Gasteiger charge is -2.38. The molecule has 1 aliphatic rings. The third kappa shape index (κ3) is 2.44. The molecule has 5 heteroatoms. The number of hydrogen-bond acceptors (Lipinski definition) is 3. The number of hydrogen-bond donors (Lipinski definition) is 1. The van der Waals surface area contributed by atoms with Crippen molar-refractivity contribution in [1.82, 2.24) is 4.31 Å². The van der Waals surface area contributed by atoms with Gasteiger partial charge in [-0.1, -0.05) is 12.5 Å². The maximum Gasteiger partial charge on any atom is 0.245 e. The van der Waals surface area contributed by atoms with Crippen molar-refractivity contribution in [1.29, 1.82) is 0 Å². The number of rotatable bonds is 2. The summed E-state index contributed by atoms with van der Waals surface area (Å²) in [6.07, 6.45) is 2.90. The second-order valence-electron chi connectivity index (χ2n) is 5.89. The molecule has 1 aromatic rings. The summed E-state index contributed by atoms with van der Waals surface area (Å²) in [7, 11) is -3.54. The minimum absolute atomic E-state index is 0.0306. The van der Waals surface area contributed by atoms with Crippen LogP contribution in [0.3, 0.4) is 0 Å². The summed E-state index contributed by atoms with van der Waals surface area (Å²) >= 11 is 0. The molecule has 2 N–H and O–H groups in total. The first-order valence-electron chi connectivity index (χ1n) is 7.16. The molecule has 0 saturated carbocycles. The van der Waals surface area contributed by atoms with Gasteiger partial charge in [-0.2, -0.15) is 4.31 Å². The zero-order valence-corrected chi connectivity index (χ0v) is 13.5. The van der Waals surface area contributed by atoms with Crippen molar-refractivity contribution in [3.63, 3.8) is 0 Å². The molecule has 20 heavy (non-hydrogen) atoms. The Bertz CT molecular complexity index is 601. The molecule has 0 aromatic heterocycles. The molecule has 112 valence electrons. The van der Waals surface area contributed by atoms with Gasteiger partial charge in [-0.25, -0.2) is 8.42 Å². The van der Waals surface area contributed by atoms with Gasteiger partial charge in [0.1, 0.15) is 4.90 Å². The highest BCUT2D eigenvalue weighted by Gasteiger charge is 2.37. The van der Waals surface area contributed by atoms with Crippen LogP contribution in [0.4, 0.5) is 5.69 Å². The Hall–Kier alpha value is -1.07. The van der Waals surface area contributed by atoms with E-state index in [1.807, 2.05) is 33.8 Å². The number of anilines is 1. The van der Waals surface area contributed by atoms with E-state index in [4.69, 9.17) is 5.73 Å². The molecule has 1 heterocycles. The van der Waals surface area contributed by atoms with Gasteiger partial charge in [0.25, 0.3) is 0 Å². The van der Waals surface area contributed by atoms with Gasteiger partial charge in [0.15, 0.2) is 0 Å². The molecular weight excluding hydrogens is 272 g/mol. The molecule has 0 bridgehead atoms. The molecule has 1 saturated heterocycles. The average molecular weight is 296 g/mol. The number of nitrogens with two attached hydrogens (primary N) is 1. The maximum absolute atomic E-state index is 13.0. The zero-order chi connectivity index (χ0) is 15.1. The minimum atomic E-state index is -3.54. The van der Waals surface area contributed by atoms with Crippen LogP contribution in [0.15, 0.2) is 17.0 Å². The van der Waals surface area contributed by atoms with Gasteiger partial charge < -0.3 is 5.73 Å².